The van der Waals surface area contributed by atoms with Gasteiger partial charge in [-0.1, -0.05) is 36.4 Å². The lowest BCUT2D eigenvalue weighted by Gasteiger charge is -2.12. The van der Waals surface area contributed by atoms with Gasteiger partial charge in [-0.05, 0) is 24.6 Å². The number of para-hydroxylation sites is 2. The molecule has 0 aliphatic heterocycles. The highest BCUT2D eigenvalue weighted by Gasteiger charge is 2.10. The number of carbonyl (C=O) groups is 1. The second-order valence-corrected chi connectivity index (χ2v) is 5.91. The summed E-state index contributed by atoms with van der Waals surface area (Å²) in [5, 5.41) is 13.0. The molecule has 0 radical (unpaired) electrons. The molecule has 130 valence electrons. The Bertz CT molecular complexity index is 870. The van der Waals surface area contributed by atoms with E-state index in [9.17, 15) is 4.79 Å². The van der Waals surface area contributed by atoms with E-state index in [0.29, 0.717) is 12.3 Å². The van der Waals surface area contributed by atoms with Gasteiger partial charge in [0.05, 0.1) is 6.61 Å². The topological polar surface area (TPSA) is 63.5 Å². The Morgan fingerprint density at radius 2 is 1.92 bits per heavy atom. The van der Waals surface area contributed by atoms with E-state index in [1.807, 2.05) is 60.2 Å². The standard InChI is InChI=1S/C20H22N2O3/c1-15-13-22(18-8-4-3-7-17(15)18)14-20(24)21-12-16-6-2-5-9-19(16)25-11-10-23/h2-9,13,23H,10-12,14H2,1H3,(H,21,24). The third-order valence-electron chi connectivity index (χ3n) is 4.10. The first-order valence-corrected chi connectivity index (χ1v) is 8.32. The van der Waals surface area contributed by atoms with Gasteiger partial charge in [-0.15, -0.1) is 0 Å². The molecule has 0 aliphatic carbocycles. The highest BCUT2D eigenvalue weighted by molar-refractivity contribution is 5.86. The lowest BCUT2D eigenvalue weighted by Crippen LogP contribution is -2.27. The largest absolute Gasteiger partial charge is 0.491 e. The number of hydrogen-bond acceptors (Lipinski definition) is 3. The summed E-state index contributed by atoms with van der Waals surface area (Å²) < 4.78 is 7.46. The van der Waals surface area contributed by atoms with Crippen molar-refractivity contribution in [3.05, 3.63) is 65.9 Å². The molecule has 0 bridgehead atoms. The molecule has 2 N–H and O–H groups in total. The van der Waals surface area contributed by atoms with Crippen LogP contribution in [0.5, 0.6) is 5.75 Å². The molecule has 1 aromatic heterocycles. The van der Waals surface area contributed by atoms with Crippen LogP contribution in [0.4, 0.5) is 0 Å². The zero-order valence-electron chi connectivity index (χ0n) is 14.2. The quantitative estimate of drug-likeness (QED) is 0.696. The van der Waals surface area contributed by atoms with Gasteiger partial charge in [0.15, 0.2) is 0 Å². The number of nitrogens with one attached hydrogen (secondary N) is 1. The fourth-order valence-corrected chi connectivity index (χ4v) is 2.91. The molecule has 25 heavy (non-hydrogen) atoms. The van der Waals surface area contributed by atoms with Crippen molar-refractivity contribution in [2.45, 2.75) is 20.0 Å². The molecular weight excluding hydrogens is 316 g/mol. The fourth-order valence-electron chi connectivity index (χ4n) is 2.91. The van der Waals surface area contributed by atoms with E-state index in [-0.39, 0.29) is 25.7 Å². The highest BCUT2D eigenvalue weighted by atomic mass is 16.5. The first kappa shape index (κ1) is 17.0. The van der Waals surface area contributed by atoms with Crippen LogP contribution in [0.1, 0.15) is 11.1 Å². The zero-order valence-corrected chi connectivity index (χ0v) is 14.2. The van der Waals surface area contributed by atoms with Gasteiger partial charge >= 0.3 is 0 Å². The van der Waals surface area contributed by atoms with E-state index < -0.39 is 0 Å². The summed E-state index contributed by atoms with van der Waals surface area (Å²) in [5.74, 6) is 0.622. The Morgan fingerprint density at radius 3 is 2.76 bits per heavy atom. The molecule has 1 amide bonds. The number of hydrogen-bond donors (Lipinski definition) is 2. The van der Waals surface area contributed by atoms with Crippen LogP contribution < -0.4 is 10.1 Å². The van der Waals surface area contributed by atoms with Crippen LogP contribution in [0.2, 0.25) is 0 Å². The molecule has 0 atom stereocenters. The summed E-state index contributed by atoms with van der Waals surface area (Å²) in [7, 11) is 0. The Labute approximate surface area is 146 Å². The lowest BCUT2D eigenvalue weighted by atomic mass is 10.2. The van der Waals surface area contributed by atoms with Crippen molar-refractivity contribution < 1.29 is 14.6 Å². The molecule has 0 fully saturated rings. The summed E-state index contributed by atoms with van der Waals surface area (Å²) in [6.45, 7) is 2.90. The SMILES string of the molecule is Cc1cn(CC(=O)NCc2ccccc2OCCO)c2ccccc12. The summed E-state index contributed by atoms with van der Waals surface area (Å²) in [6.07, 6.45) is 2.00. The number of aryl methyl sites for hydroxylation is 1. The van der Waals surface area contributed by atoms with Crippen molar-refractivity contribution in [2.24, 2.45) is 0 Å². The third kappa shape index (κ3) is 4.00. The molecule has 0 unspecified atom stereocenters. The highest BCUT2D eigenvalue weighted by Crippen LogP contribution is 2.20. The number of benzene rings is 2. The Balaban J connectivity index is 1.65. The number of fused-ring (bicyclic) bond motifs is 1. The maximum Gasteiger partial charge on any atom is 0.240 e. The van der Waals surface area contributed by atoms with E-state index in [4.69, 9.17) is 9.84 Å². The minimum atomic E-state index is -0.0577. The normalized spacial score (nSPS) is 10.8. The molecule has 5 heteroatoms. The van der Waals surface area contributed by atoms with Crippen LogP contribution >= 0.6 is 0 Å². The summed E-state index contributed by atoms with van der Waals surface area (Å²) >= 11 is 0. The predicted octanol–water partition coefficient (Wildman–Crippen LogP) is 2.64. The molecule has 3 aromatic rings. The van der Waals surface area contributed by atoms with E-state index >= 15 is 0 Å². The first-order chi connectivity index (χ1) is 12.2. The third-order valence-corrected chi connectivity index (χ3v) is 4.10. The van der Waals surface area contributed by atoms with Gasteiger partial charge in [-0.2, -0.15) is 0 Å². The fraction of sp³-hybridized carbons (Fsp3) is 0.250. The van der Waals surface area contributed by atoms with Crippen LogP contribution in [0.25, 0.3) is 10.9 Å². The number of rotatable bonds is 7. The van der Waals surface area contributed by atoms with Crippen molar-refractivity contribution in [1.29, 1.82) is 0 Å². The van der Waals surface area contributed by atoms with Crippen molar-refractivity contribution in [2.75, 3.05) is 13.2 Å². The minimum absolute atomic E-state index is 0.0409. The number of aliphatic hydroxyl groups excluding tert-OH is 1. The predicted molar refractivity (Wildman–Crippen MR) is 97.5 cm³/mol. The number of ether oxygens (including phenoxy) is 1. The average Bonchev–Trinajstić information content (AvgIpc) is 2.95. The van der Waals surface area contributed by atoms with Crippen LogP contribution in [0.3, 0.4) is 0 Å². The average molecular weight is 338 g/mol. The first-order valence-electron chi connectivity index (χ1n) is 8.32. The molecule has 0 spiro atoms. The van der Waals surface area contributed by atoms with E-state index in [2.05, 4.69) is 11.4 Å². The number of carbonyl (C=O) groups excluding carboxylic acids is 1. The summed E-state index contributed by atoms with van der Waals surface area (Å²) in [6, 6.07) is 15.6. The molecule has 0 saturated heterocycles. The Morgan fingerprint density at radius 1 is 1.16 bits per heavy atom. The molecular formula is C20H22N2O3. The molecule has 1 heterocycles. The smallest absolute Gasteiger partial charge is 0.240 e. The van der Waals surface area contributed by atoms with Gasteiger partial charge < -0.3 is 19.7 Å². The van der Waals surface area contributed by atoms with Gasteiger partial charge in [0.25, 0.3) is 0 Å². The monoisotopic (exact) mass is 338 g/mol. The second-order valence-electron chi connectivity index (χ2n) is 5.91. The summed E-state index contributed by atoms with van der Waals surface area (Å²) in [5.41, 5.74) is 3.10. The number of nitrogens with zero attached hydrogens (tertiary/aromatic N) is 1. The summed E-state index contributed by atoms with van der Waals surface area (Å²) in [4.78, 5) is 12.4. The molecule has 2 aromatic carbocycles. The second kappa shape index (κ2) is 7.85. The number of aromatic nitrogens is 1. The molecule has 3 rings (SSSR count). The van der Waals surface area contributed by atoms with E-state index in [0.717, 1.165) is 22.0 Å². The van der Waals surface area contributed by atoms with E-state index in [1.54, 1.807) is 0 Å². The Kier molecular flexibility index (Phi) is 5.36. The van der Waals surface area contributed by atoms with Gasteiger partial charge in [0, 0.05) is 29.2 Å². The molecule has 5 nitrogen and oxygen atoms in total. The van der Waals surface area contributed by atoms with E-state index in [1.165, 1.54) is 0 Å². The van der Waals surface area contributed by atoms with Crippen LogP contribution in [-0.4, -0.2) is 28.8 Å². The van der Waals surface area contributed by atoms with Gasteiger partial charge in [-0.25, -0.2) is 0 Å². The van der Waals surface area contributed by atoms with Gasteiger partial charge in [0.1, 0.15) is 18.9 Å². The minimum Gasteiger partial charge on any atom is -0.491 e. The maximum atomic E-state index is 12.4. The van der Waals surface area contributed by atoms with Crippen molar-refractivity contribution >= 4 is 16.8 Å². The van der Waals surface area contributed by atoms with Crippen LogP contribution in [0, 0.1) is 6.92 Å². The number of amides is 1. The maximum absolute atomic E-state index is 12.4. The number of aliphatic hydroxyl groups is 1. The van der Waals surface area contributed by atoms with Gasteiger partial charge in [-0.3, -0.25) is 4.79 Å². The van der Waals surface area contributed by atoms with Gasteiger partial charge in [0.2, 0.25) is 5.91 Å². The zero-order chi connectivity index (χ0) is 17.6. The van der Waals surface area contributed by atoms with Crippen LogP contribution in [-0.2, 0) is 17.9 Å². The van der Waals surface area contributed by atoms with Crippen molar-refractivity contribution in [1.82, 2.24) is 9.88 Å². The van der Waals surface area contributed by atoms with Crippen molar-refractivity contribution in [3.8, 4) is 5.75 Å². The Hall–Kier alpha value is -2.79. The molecule has 0 aliphatic rings. The van der Waals surface area contributed by atoms with Crippen molar-refractivity contribution in [3.63, 3.8) is 0 Å². The lowest BCUT2D eigenvalue weighted by molar-refractivity contribution is -0.121. The van der Waals surface area contributed by atoms with Crippen LogP contribution in [0.15, 0.2) is 54.7 Å². The molecule has 0 saturated carbocycles.